The lowest BCUT2D eigenvalue weighted by Crippen LogP contribution is -2.38. The summed E-state index contributed by atoms with van der Waals surface area (Å²) < 4.78 is 0. The highest BCUT2D eigenvalue weighted by Gasteiger charge is 2.32. The molecule has 2 fully saturated rings. The Balaban J connectivity index is 1.87. The monoisotopic (exact) mass is 213 g/mol. The van der Waals surface area contributed by atoms with Crippen molar-refractivity contribution in [2.75, 3.05) is 13.1 Å². The lowest BCUT2D eigenvalue weighted by Gasteiger charge is -2.31. The van der Waals surface area contributed by atoms with E-state index in [1.54, 1.807) is 4.90 Å². The molecule has 2 rings (SSSR count). The van der Waals surface area contributed by atoms with E-state index in [0.29, 0.717) is 13.1 Å². The van der Waals surface area contributed by atoms with Crippen LogP contribution in [-0.4, -0.2) is 46.3 Å². The van der Waals surface area contributed by atoms with Gasteiger partial charge in [-0.25, -0.2) is 0 Å². The quantitative estimate of drug-likeness (QED) is 0.685. The van der Waals surface area contributed by atoms with E-state index in [0.717, 1.165) is 25.7 Å². The van der Waals surface area contributed by atoms with E-state index in [2.05, 4.69) is 0 Å². The number of aliphatic hydroxyl groups excluding tert-OH is 2. The molecule has 86 valence electrons. The Hall–Kier alpha value is -0.610. The third-order valence-corrected chi connectivity index (χ3v) is 3.52. The molecule has 0 aromatic carbocycles. The highest BCUT2D eigenvalue weighted by molar-refractivity contribution is 5.79. The number of aliphatic hydroxyl groups is 2. The van der Waals surface area contributed by atoms with E-state index in [4.69, 9.17) is 0 Å². The fourth-order valence-electron chi connectivity index (χ4n) is 2.61. The summed E-state index contributed by atoms with van der Waals surface area (Å²) in [7, 11) is 0. The van der Waals surface area contributed by atoms with Gasteiger partial charge in [0.25, 0.3) is 0 Å². The Bertz CT molecular complexity index is 244. The van der Waals surface area contributed by atoms with Crippen LogP contribution in [0.1, 0.15) is 32.1 Å². The largest absolute Gasteiger partial charge is 0.393 e. The van der Waals surface area contributed by atoms with E-state index in [-0.39, 0.29) is 24.3 Å². The second kappa shape index (κ2) is 4.49. The Morgan fingerprint density at radius 3 is 2.60 bits per heavy atom. The van der Waals surface area contributed by atoms with Gasteiger partial charge in [0.05, 0.1) is 18.6 Å². The number of carbonyl (C=O) groups excluding carboxylic acids is 1. The molecule has 2 N–H and O–H groups in total. The van der Waals surface area contributed by atoms with Crippen molar-refractivity contribution in [3.05, 3.63) is 0 Å². The van der Waals surface area contributed by atoms with Crippen molar-refractivity contribution in [2.24, 2.45) is 5.92 Å². The summed E-state index contributed by atoms with van der Waals surface area (Å²) in [5.74, 6) is 0.244. The number of likely N-dealkylation sites (tertiary alicyclic amines) is 1. The summed E-state index contributed by atoms with van der Waals surface area (Å²) in [4.78, 5) is 13.1. The van der Waals surface area contributed by atoms with Gasteiger partial charge in [-0.2, -0.15) is 0 Å². The lowest BCUT2D eigenvalue weighted by molar-refractivity contribution is -0.129. The van der Waals surface area contributed by atoms with Crippen LogP contribution in [0.4, 0.5) is 0 Å². The standard InChI is InChI=1S/C11H19NO3/c13-9-5-11(15)12(7-9)6-8-3-1-2-4-10(8)14/h8-10,13-14H,1-7H2. The summed E-state index contributed by atoms with van der Waals surface area (Å²) in [5.41, 5.74) is 0. The van der Waals surface area contributed by atoms with E-state index in [1.807, 2.05) is 0 Å². The fourth-order valence-corrected chi connectivity index (χ4v) is 2.61. The Morgan fingerprint density at radius 1 is 1.27 bits per heavy atom. The second-order valence-corrected chi connectivity index (χ2v) is 4.77. The average molecular weight is 213 g/mol. The topological polar surface area (TPSA) is 60.8 Å². The van der Waals surface area contributed by atoms with Crippen molar-refractivity contribution < 1.29 is 15.0 Å². The van der Waals surface area contributed by atoms with Crippen LogP contribution in [0.2, 0.25) is 0 Å². The van der Waals surface area contributed by atoms with Crippen LogP contribution in [0.3, 0.4) is 0 Å². The van der Waals surface area contributed by atoms with Gasteiger partial charge in [0, 0.05) is 19.0 Å². The predicted octanol–water partition coefficient (Wildman–Crippen LogP) is 0.131. The van der Waals surface area contributed by atoms with Crippen molar-refractivity contribution in [1.29, 1.82) is 0 Å². The molecule has 0 aromatic rings. The summed E-state index contributed by atoms with van der Waals surface area (Å²) in [6.07, 6.45) is 3.59. The average Bonchev–Trinajstić information content (AvgIpc) is 2.49. The lowest BCUT2D eigenvalue weighted by atomic mass is 9.86. The van der Waals surface area contributed by atoms with Crippen LogP contribution >= 0.6 is 0 Å². The van der Waals surface area contributed by atoms with Gasteiger partial charge in [-0.1, -0.05) is 12.8 Å². The fraction of sp³-hybridized carbons (Fsp3) is 0.909. The summed E-state index contributed by atoms with van der Waals surface area (Å²) >= 11 is 0. The smallest absolute Gasteiger partial charge is 0.225 e. The SMILES string of the molecule is O=C1CC(O)CN1CC1CCCCC1O. The molecule has 1 saturated carbocycles. The molecule has 1 aliphatic heterocycles. The number of hydrogen-bond acceptors (Lipinski definition) is 3. The number of β-amino-alcohol motifs (C(OH)–C–C–N with tert-alkyl or cyclic N) is 1. The van der Waals surface area contributed by atoms with Gasteiger partial charge in [0.1, 0.15) is 0 Å². The Labute approximate surface area is 89.9 Å². The minimum atomic E-state index is -0.502. The van der Waals surface area contributed by atoms with Gasteiger partial charge in [0.2, 0.25) is 5.91 Å². The van der Waals surface area contributed by atoms with Crippen LogP contribution in [-0.2, 0) is 4.79 Å². The molecule has 2 aliphatic rings. The van der Waals surface area contributed by atoms with Crippen LogP contribution in [0.15, 0.2) is 0 Å². The van der Waals surface area contributed by atoms with E-state index >= 15 is 0 Å². The van der Waals surface area contributed by atoms with Gasteiger partial charge < -0.3 is 15.1 Å². The Morgan fingerprint density at radius 2 is 2.00 bits per heavy atom. The van der Waals surface area contributed by atoms with Crippen LogP contribution in [0.25, 0.3) is 0 Å². The van der Waals surface area contributed by atoms with Gasteiger partial charge in [0.15, 0.2) is 0 Å². The molecule has 1 aliphatic carbocycles. The molecule has 0 spiro atoms. The zero-order valence-electron chi connectivity index (χ0n) is 8.93. The molecule has 15 heavy (non-hydrogen) atoms. The third kappa shape index (κ3) is 2.49. The molecule has 4 nitrogen and oxygen atoms in total. The first-order valence-electron chi connectivity index (χ1n) is 5.80. The molecular weight excluding hydrogens is 194 g/mol. The van der Waals surface area contributed by atoms with Crippen LogP contribution in [0, 0.1) is 5.92 Å². The summed E-state index contributed by atoms with van der Waals surface area (Å²) in [6, 6.07) is 0. The molecule has 3 unspecified atom stereocenters. The maximum Gasteiger partial charge on any atom is 0.225 e. The van der Waals surface area contributed by atoms with Crippen LogP contribution < -0.4 is 0 Å². The van der Waals surface area contributed by atoms with Gasteiger partial charge in [-0.3, -0.25) is 4.79 Å². The maximum atomic E-state index is 11.4. The first-order chi connectivity index (χ1) is 7.16. The zero-order chi connectivity index (χ0) is 10.8. The van der Waals surface area contributed by atoms with E-state index in [1.165, 1.54) is 0 Å². The second-order valence-electron chi connectivity index (χ2n) is 4.77. The molecule has 0 radical (unpaired) electrons. The number of nitrogens with zero attached hydrogens (tertiary/aromatic N) is 1. The molecule has 1 amide bonds. The molecule has 3 atom stereocenters. The van der Waals surface area contributed by atoms with Gasteiger partial charge in [-0.05, 0) is 12.8 Å². The molecule has 1 saturated heterocycles. The van der Waals surface area contributed by atoms with Gasteiger partial charge >= 0.3 is 0 Å². The third-order valence-electron chi connectivity index (χ3n) is 3.52. The normalized spacial score (nSPS) is 37.3. The molecule has 0 aromatic heterocycles. The molecule has 0 bridgehead atoms. The molecule has 1 heterocycles. The molecular formula is C11H19NO3. The highest BCUT2D eigenvalue weighted by atomic mass is 16.3. The first kappa shape index (κ1) is 10.9. The van der Waals surface area contributed by atoms with Crippen molar-refractivity contribution in [1.82, 2.24) is 4.90 Å². The maximum absolute atomic E-state index is 11.4. The van der Waals surface area contributed by atoms with Crippen LogP contribution in [0.5, 0.6) is 0 Å². The van der Waals surface area contributed by atoms with Gasteiger partial charge in [-0.15, -0.1) is 0 Å². The number of carbonyl (C=O) groups is 1. The minimum absolute atomic E-state index is 0.0280. The highest BCUT2D eigenvalue weighted by Crippen LogP contribution is 2.26. The van der Waals surface area contributed by atoms with E-state index < -0.39 is 6.10 Å². The summed E-state index contributed by atoms with van der Waals surface area (Å²) in [6.45, 7) is 1.07. The number of amides is 1. The predicted molar refractivity (Wildman–Crippen MR) is 55.2 cm³/mol. The van der Waals surface area contributed by atoms with E-state index in [9.17, 15) is 15.0 Å². The Kier molecular flexibility index (Phi) is 3.26. The summed E-state index contributed by atoms with van der Waals surface area (Å²) in [5, 5.41) is 19.1. The van der Waals surface area contributed by atoms with Crippen molar-refractivity contribution >= 4 is 5.91 Å². The zero-order valence-corrected chi connectivity index (χ0v) is 8.93. The number of rotatable bonds is 2. The first-order valence-corrected chi connectivity index (χ1v) is 5.80. The molecule has 4 heteroatoms. The van der Waals surface area contributed by atoms with Crippen molar-refractivity contribution in [3.8, 4) is 0 Å². The van der Waals surface area contributed by atoms with Crippen molar-refractivity contribution in [2.45, 2.75) is 44.3 Å². The van der Waals surface area contributed by atoms with Crippen molar-refractivity contribution in [3.63, 3.8) is 0 Å². The minimum Gasteiger partial charge on any atom is -0.393 e. The number of hydrogen-bond donors (Lipinski definition) is 2.